The van der Waals surface area contributed by atoms with Gasteiger partial charge in [-0.05, 0) is 29.7 Å². The lowest BCUT2D eigenvalue weighted by Crippen LogP contribution is -2.67. The zero-order valence-corrected chi connectivity index (χ0v) is 26.3. The third-order valence-electron chi connectivity index (χ3n) is 10.7. The van der Waals surface area contributed by atoms with Crippen LogP contribution < -0.4 is 0 Å². The summed E-state index contributed by atoms with van der Waals surface area (Å²) in [6.45, 7) is 15.4. The Bertz CT molecular complexity index is 1440. The van der Waals surface area contributed by atoms with Gasteiger partial charge in [-0.1, -0.05) is 40.3 Å². The summed E-state index contributed by atoms with van der Waals surface area (Å²) in [4.78, 5) is 64.7. The number of carbonyl (C=O) groups excluding carboxylic acids is 5. The van der Waals surface area contributed by atoms with Crippen molar-refractivity contribution in [2.45, 2.75) is 90.8 Å². The number of furan rings is 1. The average Bonchev–Trinajstić information content (AvgIpc) is 3.27. The van der Waals surface area contributed by atoms with E-state index in [1.165, 1.54) is 34.0 Å². The predicted molar refractivity (Wildman–Crippen MR) is 153 cm³/mol. The van der Waals surface area contributed by atoms with Crippen molar-refractivity contribution in [3.63, 3.8) is 0 Å². The van der Waals surface area contributed by atoms with Gasteiger partial charge in [0.1, 0.15) is 17.8 Å². The smallest absolute Gasteiger partial charge is 0.347 e. The van der Waals surface area contributed by atoms with E-state index >= 15 is 0 Å². The molecule has 11 nitrogen and oxygen atoms in total. The number of carbonyl (C=O) groups is 5. The fourth-order valence-corrected chi connectivity index (χ4v) is 9.01. The molecule has 0 bridgehead atoms. The Morgan fingerprint density at radius 3 is 2.23 bits per heavy atom. The molecule has 1 saturated heterocycles. The lowest BCUT2D eigenvalue weighted by atomic mass is 9.46. The van der Waals surface area contributed by atoms with Gasteiger partial charge in [0.05, 0.1) is 31.2 Å². The molecule has 2 saturated carbocycles. The quantitative estimate of drug-likeness (QED) is 0.191. The summed E-state index contributed by atoms with van der Waals surface area (Å²) in [5.41, 5.74) is -3.03. The number of hydrogen-bond donors (Lipinski definition) is 0. The fraction of sp³-hybridized carbons (Fsp3) is 0.606. The molecule has 1 aromatic rings. The highest BCUT2D eigenvalue weighted by Crippen LogP contribution is 2.76. The topological polar surface area (TPSA) is 148 Å². The minimum absolute atomic E-state index is 0.215. The molecule has 0 radical (unpaired) electrons. The first kappa shape index (κ1) is 31.7. The van der Waals surface area contributed by atoms with E-state index in [-0.39, 0.29) is 17.8 Å². The number of methoxy groups -OCH3 is 1. The van der Waals surface area contributed by atoms with Crippen LogP contribution in [0.15, 0.2) is 47.3 Å². The molecule has 10 unspecified atom stereocenters. The SMILES string of the molecule is C=C1C(C2(C)C=CC(=O)C(C)(C)C2C(OC(C)=O)C(=O)OC)C(OC(C)=O)C(OC(C)=O)C2(C)C(c3ccoc3)CC3OC132. The maximum atomic E-state index is 13.4. The molecule has 3 fully saturated rings. The van der Waals surface area contributed by atoms with Gasteiger partial charge in [-0.15, -0.1) is 0 Å². The van der Waals surface area contributed by atoms with Crippen molar-refractivity contribution in [1.82, 2.24) is 0 Å². The average molecular weight is 613 g/mol. The molecule has 44 heavy (non-hydrogen) atoms. The summed E-state index contributed by atoms with van der Waals surface area (Å²) in [5.74, 6) is -5.21. The van der Waals surface area contributed by atoms with Crippen LogP contribution in [0.1, 0.15) is 66.4 Å². The van der Waals surface area contributed by atoms with Crippen molar-refractivity contribution in [3.05, 3.63) is 48.5 Å². The summed E-state index contributed by atoms with van der Waals surface area (Å²) in [7, 11) is 1.17. The van der Waals surface area contributed by atoms with Gasteiger partial charge in [-0.25, -0.2) is 4.79 Å². The number of hydrogen-bond acceptors (Lipinski definition) is 11. The van der Waals surface area contributed by atoms with Crippen molar-refractivity contribution in [2.24, 2.45) is 28.1 Å². The minimum Gasteiger partial charge on any atom is -0.472 e. The molecule has 5 rings (SSSR count). The Labute approximate surface area is 256 Å². The Morgan fingerprint density at radius 1 is 1.02 bits per heavy atom. The normalized spacial score (nSPS) is 39.0. The van der Waals surface area contributed by atoms with Crippen LogP contribution in [0.3, 0.4) is 0 Å². The van der Waals surface area contributed by atoms with E-state index < -0.39 is 75.9 Å². The van der Waals surface area contributed by atoms with Crippen molar-refractivity contribution in [3.8, 4) is 0 Å². The Morgan fingerprint density at radius 2 is 1.68 bits per heavy atom. The molecule has 238 valence electrons. The second-order valence-electron chi connectivity index (χ2n) is 13.4. The molecule has 2 heterocycles. The predicted octanol–water partition coefficient (Wildman–Crippen LogP) is 3.85. The van der Waals surface area contributed by atoms with Gasteiger partial charge in [-0.2, -0.15) is 0 Å². The van der Waals surface area contributed by atoms with Gasteiger partial charge in [0, 0.05) is 49.4 Å². The summed E-state index contributed by atoms with van der Waals surface area (Å²) >= 11 is 0. The number of esters is 4. The number of epoxide rings is 1. The highest BCUT2D eigenvalue weighted by molar-refractivity contribution is 5.97. The lowest BCUT2D eigenvalue weighted by molar-refractivity contribution is -0.211. The number of ketones is 1. The molecule has 0 amide bonds. The van der Waals surface area contributed by atoms with Gasteiger partial charge in [0.2, 0.25) is 6.10 Å². The van der Waals surface area contributed by atoms with Gasteiger partial charge in [0.15, 0.2) is 5.78 Å². The van der Waals surface area contributed by atoms with Gasteiger partial charge in [0.25, 0.3) is 0 Å². The molecule has 1 spiro atoms. The van der Waals surface area contributed by atoms with E-state index in [2.05, 4.69) is 6.58 Å². The summed E-state index contributed by atoms with van der Waals surface area (Å²) in [6.07, 6.45) is 2.88. The van der Waals surface area contributed by atoms with Crippen molar-refractivity contribution in [1.29, 1.82) is 0 Å². The third kappa shape index (κ3) is 4.29. The second-order valence-corrected chi connectivity index (χ2v) is 13.4. The van der Waals surface area contributed by atoms with Crippen LogP contribution in [-0.2, 0) is 47.7 Å². The zero-order valence-electron chi connectivity index (χ0n) is 26.3. The molecule has 11 heteroatoms. The number of allylic oxidation sites excluding steroid dienone is 2. The monoisotopic (exact) mass is 612 g/mol. The summed E-state index contributed by atoms with van der Waals surface area (Å²) in [6, 6.07) is 1.85. The van der Waals surface area contributed by atoms with E-state index in [1.807, 2.05) is 13.0 Å². The van der Waals surface area contributed by atoms with Gasteiger partial charge in [-0.3, -0.25) is 19.2 Å². The standard InChI is InChI=1S/C33H40O11/c1-16-24(31(7)12-10-22(37)30(5,6)27(31)26(29(38)39-9)42-18(3)35)25(41-17(2)34)28(43-19(4)36)32(8)21(20-11-13-40-15-20)14-23-33(16,32)44-23/h10-13,15,21,23-28H,1,14H2,2-9H3. The van der Waals surface area contributed by atoms with Crippen LogP contribution in [-0.4, -0.2) is 66.8 Å². The Hall–Kier alpha value is -3.73. The Kier molecular flexibility index (Phi) is 7.51. The number of ether oxygens (including phenoxy) is 5. The zero-order chi connectivity index (χ0) is 32.6. The molecule has 0 aromatic carbocycles. The first-order valence-electron chi connectivity index (χ1n) is 14.7. The molecule has 4 aliphatic rings. The molecule has 0 N–H and O–H groups in total. The third-order valence-corrected chi connectivity index (χ3v) is 10.7. The fourth-order valence-electron chi connectivity index (χ4n) is 9.01. The van der Waals surface area contributed by atoms with Crippen LogP contribution in [0.5, 0.6) is 0 Å². The second kappa shape index (κ2) is 10.4. The summed E-state index contributed by atoms with van der Waals surface area (Å²) < 4.78 is 34.8. The van der Waals surface area contributed by atoms with E-state index in [9.17, 15) is 24.0 Å². The first-order chi connectivity index (χ1) is 20.5. The van der Waals surface area contributed by atoms with Gasteiger partial charge >= 0.3 is 23.9 Å². The van der Waals surface area contributed by atoms with Crippen LogP contribution >= 0.6 is 0 Å². The molecule has 10 atom stereocenters. The van der Waals surface area contributed by atoms with Crippen molar-refractivity contribution < 1.29 is 52.1 Å². The lowest BCUT2D eigenvalue weighted by Gasteiger charge is -2.60. The van der Waals surface area contributed by atoms with Gasteiger partial charge < -0.3 is 28.1 Å². The number of rotatable bonds is 7. The summed E-state index contributed by atoms with van der Waals surface area (Å²) in [5, 5.41) is 0. The van der Waals surface area contributed by atoms with Crippen LogP contribution in [0.4, 0.5) is 0 Å². The van der Waals surface area contributed by atoms with E-state index in [0.717, 1.165) is 5.56 Å². The van der Waals surface area contributed by atoms with E-state index in [4.69, 9.17) is 28.1 Å². The van der Waals surface area contributed by atoms with E-state index in [0.29, 0.717) is 12.0 Å². The Balaban J connectivity index is 1.77. The minimum atomic E-state index is -1.51. The molecular weight excluding hydrogens is 572 g/mol. The first-order valence-corrected chi connectivity index (χ1v) is 14.7. The highest BCUT2D eigenvalue weighted by Gasteiger charge is 2.84. The molecule has 1 aliphatic heterocycles. The highest BCUT2D eigenvalue weighted by atomic mass is 16.6. The largest absolute Gasteiger partial charge is 0.472 e. The van der Waals surface area contributed by atoms with Crippen LogP contribution in [0.2, 0.25) is 0 Å². The van der Waals surface area contributed by atoms with Crippen LogP contribution in [0, 0.1) is 28.1 Å². The maximum absolute atomic E-state index is 13.4. The van der Waals surface area contributed by atoms with Crippen LogP contribution in [0.25, 0.3) is 0 Å². The van der Waals surface area contributed by atoms with E-state index in [1.54, 1.807) is 39.4 Å². The van der Waals surface area contributed by atoms with Crippen molar-refractivity contribution in [2.75, 3.05) is 7.11 Å². The molecule has 3 aliphatic carbocycles. The molecule has 1 aromatic heterocycles. The van der Waals surface area contributed by atoms with Crippen molar-refractivity contribution >= 4 is 29.7 Å². The maximum Gasteiger partial charge on any atom is 0.347 e. The molecular formula is C33H40O11.